The predicted octanol–water partition coefficient (Wildman–Crippen LogP) is 5.84. The van der Waals surface area contributed by atoms with Crippen LogP contribution in [0.5, 0.6) is 0 Å². The maximum Gasteiger partial charge on any atom is 0.0974 e. The Balaban J connectivity index is 1.31. The van der Waals surface area contributed by atoms with E-state index in [4.69, 9.17) is 4.74 Å². The van der Waals surface area contributed by atoms with Gasteiger partial charge in [-0.05, 0) is 96.4 Å². The first kappa shape index (κ1) is 18.6. The lowest BCUT2D eigenvalue weighted by molar-refractivity contribution is -0.144. The van der Waals surface area contributed by atoms with E-state index in [0.29, 0.717) is 11.8 Å². The molecule has 1 aromatic carbocycles. The van der Waals surface area contributed by atoms with Crippen molar-refractivity contribution in [1.82, 2.24) is 4.98 Å². The number of hydrogen-bond donors (Lipinski definition) is 1. The molecule has 3 heterocycles. The Morgan fingerprint density at radius 3 is 2.97 bits per heavy atom. The summed E-state index contributed by atoms with van der Waals surface area (Å²) in [6.45, 7) is 2.52. The van der Waals surface area contributed by atoms with Gasteiger partial charge in [0.1, 0.15) is 0 Å². The Morgan fingerprint density at radius 1 is 1.10 bits per heavy atom. The van der Waals surface area contributed by atoms with E-state index in [1.54, 1.807) is 0 Å². The van der Waals surface area contributed by atoms with Gasteiger partial charge in [0.15, 0.2) is 0 Å². The highest BCUT2D eigenvalue weighted by Crippen LogP contribution is 2.69. The second kappa shape index (κ2) is 6.08. The topological polar surface area (TPSA) is 42.4 Å². The molecule has 160 valence electrons. The quantitative estimate of drug-likeness (QED) is 0.639. The molecule has 1 saturated heterocycles. The van der Waals surface area contributed by atoms with Gasteiger partial charge in [-0.2, -0.15) is 0 Å². The molecular formula is C28H31NO2. The van der Waals surface area contributed by atoms with Gasteiger partial charge in [-0.1, -0.05) is 31.2 Å². The number of pyridine rings is 1. The van der Waals surface area contributed by atoms with Crippen LogP contribution in [0.3, 0.4) is 0 Å². The number of hydrogen-bond acceptors (Lipinski definition) is 3. The first-order chi connectivity index (χ1) is 15.0. The minimum Gasteiger partial charge on any atom is -0.393 e. The van der Waals surface area contributed by atoms with E-state index in [1.165, 1.54) is 40.3 Å². The summed E-state index contributed by atoms with van der Waals surface area (Å²) in [6, 6.07) is 9.10. The predicted molar refractivity (Wildman–Crippen MR) is 122 cm³/mol. The fourth-order valence-corrected chi connectivity index (χ4v) is 8.25. The first-order valence-corrected chi connectivity index (χ1v) is 12.2. The molecule has 2 aliphatic heterocycles. The average Bonchev–Trinajstić information content (AvgIpc) is 3.28. The maximum absolute atomic E-state index is 10.4. The fourth-order valence-electron chi connectivity index (χ4n) is 8.25. The van der Waals surface area contributed by atoms with Crippen molar-refractivity contribution in [1.29, 1.82) is 0 Å². The summed E-state index contributed by atoms with van der Waals surface area (Å²) in [6.07, 6.45) is 17.1. The number of nitrogens with zero attached hydrogens (tertiary/aromatic N) is 1. The summed E-state index contributed by atoms with van der Waals surface area (Å²) in [7, 11) is 0. The lowest BCUT2D eigenvalue weighted by Crippen LogP contribution is -2.54. The third-order valence-electron chi connectivity index (χ3n) is 9.72. The molecule has 5 aliphatic rings. The van der Waals surface area contributed by atoms with Crippen LogP contribution in [-0.4, -0.2) is 27.4 Å². The molecule has 2 aromatic rings. The molecule has 6 atom stereocenters. The zero-order valence-electron chi connectivity index (χ0n) is 18.3. The van der Waals surface area contributed by atoms with Crippen LogP contribution in [0.4, 0.5) is 0 Å². The number of rotatable bonds is 1. The largest absolute Gasteiger partial charge is 0.393 e. The lowest BCUT2D eigenvalue weighted by Gasteiger charge is -2.54. The third kappa shape index (κ3) is 2.34. The minimum atomic E-state index is -0.213. The SMILES string of the molecule is CC12CC=C3C=C4CCC(O)CC45CC[C@]3(O5)[C@@H]1CCC2c1ccc2ccncc2c1. The molecule has 3 aliphatic carbocycles. The van der Waals surface area contributed by atoms with Gasteiger partial charge in [0.25, 0.3) is 0 Å². The third-order valence-corrected chi connectivity index (χ3v) is 9.72. The zero-order valence-corrected chi connectivity index (χ0v) is 18.3. The van der Waals surface area contributed by atoms with Crippen LogP contribution < -0.4 is 0 Å². The van der Waals surface area contributed by atoms with Gasteiger partial charge in [0.2, 0.25) is 0 Å². The van der Waals surface area contributed by atoms with E-state index < -0.39 is 0 Å². The van der Waals surface area contributed by atoms with Crippen molar-refractivity contribution in [3.8, 4) is 0 Å². The summed E-state index contributed by atoms with van der Waals surface area (Å²) < 4.78 is 7.18. The summed E-state index contributed by atoms with van der Waals surface area (Å²) >= 11 is 0. The van der Waals surface area contributed by atoms with Crippen molar-refractivity contribution in [2.75, 3.05) is 0 Å². The number of aliphatic hydroxyl groups excluding tert-OH is 1. The van der Waals surface area contributed by atoms with Gasteiger partial charge in [-0.3, -0.25) is 4.98 Å². The van der Waals surface area contributed by atoms with E-state index in [2.05, 4.69) is 48.3 Å². The Bertz CT molecular complexity index is 1150. The highest BCUT2D eigenvalue weighted by molar-refractivity contribution is 5.82. The Morgan fingerprint density at radius 2 is 2.03 bits per heavy atom. The average molecular weight is 414 g/mol. The van der Waals surface area contributed by atoms with Gasteiger partial charge < -0.3 is 9.84 Å². The molecule has 1 aromatic heterocycles. The number of fused-ring (bicyclic) bond motifs is 2. The molecule has 3 fully saturated rings. The van der Waals surface area contributed by atoms with Crippen LogP contribution in [0.2, 0.25) is 0 Å². The summed E-state index contributed by atoms with van der Waals surface area (Å²) in [5, 5.41) is 13.0. The van der Waals surface area contributed by atoms with Crippen LogP contribution in [0.25, 0.3) is 10.8 Å². The number of benzene rings is 1. The summed E-state index contributed by atoms with van der Waals surface area (Å²) in [4.78, 5) is 4.35. The van der Waals surface area contributed by atoms with Crippen LogP contribution in [0.15, 0.2) is 60.0 Å². The first-order valence-electron chi connectivity index (χ1n) is 12.2. The van der Waals surface area contributed by atoms with Gasteiger partial charge in [-0.25, -0.2) is 0 Å². The van der Waals surface area contributed by atoms with Crippen LogP contribution in [-0.2, 0) is 4.74 Å². The smallest absolute Gasteiger partial charge is 0.0974 e. The molecule has 31 heavy (non-hydrogen) atoms. The van der Waals surface area contributed by atoms with E-state index in [1.807, 2.05) is 12.4 Å². The minimum absolute atomic E-state index is 0.138. The van der Waals surface area contributed by atoms with Gasteiger partial charge in [0.05, 0.1) is 17.3 Å². The van der Waals surface area contributed by atoms with Crippen molar-refractivity contribution in [3.63, 3.8) is 0 Å². The highest BCUT2D eigenvalue weighted by Gasteiger charge is 2.66. The summed E-state index contributed by atoms with van der Waals surface area (Å²) in [5.74, 6) is 1.10. The van der Waals surface area contributed by atoms with Crippen molar-refractivity contribution in [3.05, 3.63) is 65.5 Å². The molecule has 2 saturated carbocycles. The molecular weight excluding hydrogens is 382 g/mol. The monoisotopic (exact) mass is 413 g/mol. The van der Waals surface area contributed by atoms with Crippen molar-refractivity contribution < 1.29 is 9.84 Å². The number of aromatic nitrogens is 1. The highest BCUT2D eigenvalue weighted by atomic mass is 16.5. The van der Waals surface area contributed by atoms with E-state index in [-0.39, 0.29) is 22.7 Å². The molecule has 3 nitrogen and oxygen atoms in total. The molecule has 2 spiro atoms. The molecule has 3 heteroatoms. The number of ether oxygens (including phenoxy) is 1. The standard InChI is InChI=1S/C28H31NO2/c1-26-10-8-22-15-21-4-5-23(30)16-27(21)11-12-28(22,31-27)25(26)7-6-24(26)19-3-2-18-9-13-29-17-20(18)14-19/h2-3,8-9,13-15,17,23-25,30H,4-7,10-12,16H2,1H3/t23?,24?,25-,26?,27?,28-/m1/s1. The maximum atomic E-state index is 10.4. The van der Waals surface area contributed by atoms with E-state index in [0.717, 1.165) is 38.5 Å². The van der Waals surface area contributed by atoms with Gasteiger partial charge in [0, 0.05) is 24.2 Å². The Labute approximate surface area is 184 Å². The lowest BCUT2D eigenvalue weighted by atomic mass is 9.58. The number of allylic oxidation sites excluding steroid dienone is 1. The van der Waals surface area contributed by atoms with Crippen molar-refractivity contribution in [2.45, 2.75) is 81.5 Å². The molecule has 0 radical (unpaired) electrons. The molecule has 2 bridgehead atoms. The Kier molecular flexibility index (Phi) is 3.65. The van der Waals surface area contributed by atoms with Crippen LogP contribution in [0, 0.1) is 11.3 Å². The van der Waals surface area contributed by atoms with Crippen LogP contribution in [0.1, 0.15) is 69.8 Å². The van der Waals surface area contributed by atoms with E-state index >= 15 is 0 Å². The van der Waals surface area contributed by atoms with Gasteiger partial charge >= 0.3 is 0 Å². The van der Waals surface area contributed by atoms with Crippen molar-refractivity contribution >= 4 is 10.8 Å². The number of aliphatic hydroxyl groups is 1. The normalized spacial score (nSPS) is 43.1. The summed E-state index contributed by atoms with van der Waals surface area (Å²) in [5.41, 5.74) is 4.26. The van der Waals surface area contributed by atoms with Crippen LogP contribution >= 0.6 is 0 Å². The fraction of sp³-hybridized carbons (Fsp3) is 0.536. The molecule has 7 rings (SSSR count). The van der Waals surface area contributed by atoms with E-state index in [9.17, 15) is 5.11 Å². The van der Waals surface area contributed by atoms with Crippen molar-refractivity contribution in [2.24, 2.45) is 11.3 Å². The molecule has 1 N–H and O–H groups in total. The molecule has 4 unspecified atom stereocenters. The Hall–Kier alpha value is -1.97. The van der Waals surface area contributed by atoms with Gasteiger partial charge in [-0.15, -0.1) is 0 Å². The second-order valence-electron chi connectivity index (χ2n) is 11.1. The zero-order chi connectivity index (χ0) is 20.8. The second-order valence-corrected chi connectivity index (χ2v) is 11.1. The molecule has 0 amide bonds.